The lowest BCUT2D eigenvalue weighted by Gasteiger charge is -2.26. The highest BCUT2D eigenvalue weighted by atomic mass is 16.4. The molecule has 0 spiro atoms. The number of carbonyl (C=O) groups excluding carboxylic acids is 3. The van der Waals surface area contributed by atoms with E-state index in [9.17, 15) is 29.1 Å². The molecule has 5 atom stereocenters. The van der Waals surface area contributed by atoms with Gasteiger partial charge in [0, 0.05) is 13.0 Å². The number of carboxylic acid groups (broad SMARTS) is 2. The summed E-state index contributed by atoms with van der Waals surface area (Å²) < 4.78 is 0. The number of guanidine groups is 1. The molecule has 0 bridgehead atoms. The molecule has 5 unspecified atom stereocenters. The van der Waals surface area contributed by atoms with Gasteiger partial charge in [-0.2, -0.15) is 0 Å². The van der Waals surface area contributed by atoms with Crippen molar-refractivity contribution in [1.29, 1.82) is 0 Å². The maximum atomic E-state index is 12.9. The molecule has 0 rings (SSSR count). The molecule has 0 heterocycles. The number of hydrogen-bond donors (Lipinski definition) is 9. The van der Waals surface area contributed by atoms with Gasteiger partial charge in [-0.3, -0.25) is 24.2 Å². The smallest absolute Gasteiger partial charge is 0.326 e. The standard InChI is InChI=1S/C20H37N7O8/c1-3-10(2)15(19(34)35)27-18(33)12(5-4-8-24-20(22)23)26-17(32)13(6-7-14(29)30)25-16(31)11(21)9-28/h10-13,15,28H,3-9,21H2,1-2H3,(H,25,31)(H,26,32)(H,27,33)(H,29,30)(H,34,35)(H4,22,23,24). The molecule has 0 fully saturated rings. The van der Waals surface area contributed by atoms with Crippen molar-refractivity contribution in [3.05, 3.63) is 0 Å². The average Bonchev–Trinajstić information content (AvgIpc) is 2.79. The van der Waals surface area contributed by atoms with Crippen LogP contribution in [0.4, 0.5) is 0 Å². The van der Waals surface area contributed by atoms with Crippen molar-refractivity contribution >= 4 is 35.6 Å². The van der Waals surface area contributed by atoms with Gasteiger partial charge in [0.25, 0.3) is 0 Å². The number of amides is 3. The zero-order chi connectivity index (χ0) is 27.1. The second kappa shape index (κ2) is 16.2. The lowest BCUT2D eigenvalue weighted by Crippen LogP contribution is -2.58. The van der Waals surface area contributed by atoms with E-state index in [-0.39, 0.29) is 31.8 Å². The van der Waals surface area contributed by atoms with Crippen molar-refractivity contribution < 1.29 is 39.3 Å². The van der Waals surface area contributed by atoms with Crippen molar-refractivity contribution in [2.45, 2.75) is 70.1 Å². The first-order valence-corrected chi connectivity index (χ1v) is 11.1. The zero-order valence-corrected chi connectivity index (χ0v) is 19.9. The fraction of sp³-hybridized carbons (Fsp3) is 0.700. The molecule has 200 valence electrons. The Hall–Kier alpha value is -3.46. The first kappa shape index (κ1) is 31.5. The molecule has 15 nitrogen and oxygen atoms in total. The van der Waals surface area contributed by atoms with Crippen molar-refractivity contribution in [2.24, 2.45) is 28.1 Å². The summed E-state index contributed by atoms with van der Waals surface area (Å²) in [7, 11) is 0. The molecule has 15 heteroatoms. The minimum Gasteiger partial charge on any atom is -0.481 e. The summed E-state index contributed by atoms with van der Waals surface area (Å²) in [6.07, 6.45) is -0.0931. The minimum atomic E-state index is -1.38. The summed E-state index contributed by atoms with van der Waals surface area (Å²) >= 11 is 0. The van der Waals surface area contributed by atoms with Crippen LogP contribution in [0.15, 0.2) is 4.99 Å². The third kappa shape index (κ3) is 12.5. The van der Waals surface area contributed by atoms with Crippen LogP contribution in [0.1, 0.15) is 46.0 Å². The maximum Gasteiger partial charge on any atom is 0.326 e. The number of hydrogen-bond acceptors (Lipinski definition) is 8. The van der Waals surface area contributed by atoms with E-state index >= 15 is 0 Å². The van der Waals surface area contributed by atoms with E-state index in [1.807, 2.05) is 0 Å². The highest BCUT2D eigenvalue weighted by molar-refractivity contribution is 5.94. The highest BCUT2D eigenvalue weighted by Crippen LogP contribution is 2.10. The summed E-state index contributed by atoms with van der Waals surface area (Å²) in [6.45, 7) is 2.82. The summed E-state index contributed by atoms with van der Waals surface area (Å²) in [5, 5.41) is 34.5. The third-order valence-electron chi connectivity index (χ3n) is 5.17. The Kier molecular flexibility index (Phi) is 14.6. The topological polar surface area (TPSA) is 273 Å². The monoisotopic (exact) mass is 503 g/mol. The Morgan fingerprint density at radius 2 is 1.46 bits per heavy atom. The van der Waals surface area contributed by atoms with E-state index in [0.29, 0.717) is 6.42 Å². The molecule has 0 aromatic rings. The Balaban J connectivity index is 5.69. The quantitative estimate of drug-likeness (QED) is 0.0541. The fourth-order valence-electron chi connectivity index (χ4n) is 2.88. The third-order valence-corrected chi connectivity index (χ3v) is 5.17. The Bertz CT molecular complexity index is 773. The number of nitrogens with two attached hydrogens (primary N) is 3. The largest absolute Gasteiger partial charge is 0.481 e. The lowest BCUT2D eigenvalue weighted by molar-refractivity contribution is -0.144. The molecule has 0 saturated carbocycles. The van der Waals surface area contributed by atoms with E-state index < -0.39 is 72.8 Å². The molecule has 0 aromatic heterocycles. The van der Waals surface area contributed by atoms with Gasteiger partial charge in [0.15, 0.2) is 5.96 Å². The molecule has 0 aliphatic heterocycles. The van der Waals surface area contributed by atoms with E-state index in [4.69, 9.17) is 27.4 Å². The number of aliphatic imine (C=N–C) groups is 1. The zero-order valence-electron chi connectivity index (χ0n) is 19.9. The number of carbonyl (C=O) groups is 5. The van der Waals surface area contributed by atoms with Crippen LogP contribution in [-0.4, -0.2) is 88.3 Å². The van der Waals surface area contributed by atoms with Crippen molar-refractivity contribution in [1.82, 2.24) is 16.0 Å². The number of nitrogens with one attached hydrogen (secondary N) is 3. The first-order valence-electron chi connectivity index (χ1n) is 11.1. The van der Waals surface area contributed by atoms with Gasteiger partial charge in [-0.05, 0) is 25.2 Å². The van der Waals surface area contributed by atoms with Crippen molar-refractivity contribution in [2.75, 3.05) is 13.2 Å². The number of aliphatic carboxylic acids is 2. The second-order valence-electron chi connectivity index (χ2n) is 8.00. The van der Waals surface area contributed by atoms with Crippen LogP contribution in [0.5, 0.6) is 0 Å². The van der Waals surface area contributed by atoms with Crippen molar-refractivity contribution in [3.8, 4) is 0 Å². The van der Waals surface area contributed by atoms with Gasteiger partial charge in [0.05, 0.1) is 6.61 Å². The number of carboxylic acids is 2. The Morgan fingerprint density at radius 3 is 1.94 bits per heavy atom. The van der Waals surface area contributed by atoms with Crippen LogP contribution in [0.3, 0.4) is 0 Å². The number of aliphatic hydroxyl groups is 1. The van der Waals surface area contributed by atoms with Crippen LogP contribution >= 0.6 is 0 Å². The predicted octanol–water partition coefficient (Wildman–Crippen LogP) is -3.19. The normalized spacial score (nSPS) is 15.0. The molecule has 0 saturated heterocycles. The second-order valence-corrected chi connectivity index (χ2v) is 8.00. The van der Waals surface area contributed by atoms with Crippen LogP contribution in [0.2, 0.25) is 0 Å². The fourth-order valence-corrected chi connectivity index (χ4v) is 2.88. The molecule has 35 heavy (non-hydrogen) atoms. The van der Waals surface area contributed by atoms with Gasteiger partial charge in [-0.1, -0.05) is 20.3 Å². The molecule has 0 radical (unpaired) electrons. The van der Waals surface area contributed by atoms with Gasteiger partial charge in [0.2, 0.25) is 17.7 Å². The first-order chi connectivity index (χ1) is 16.3. The highest BCUT2D eigenvalue weighted by Gasteiger charge is 2.31. The Labute approximate surface area is 202 Å². The predicted molar refractivity (Wildman–Crippen MR) is 125 cm³/mol. The molecular formula is C20H37N7O8. The average molecular weight is 504 g/mol. The van der Waals surface area contributed by atoms with Crippen LogP contribution in [-0.2, 0) is 24.0 Å². The van der Waals surface area contributed by atoms with E-state index in [0.717, 1.165) is 0 Å². The maximum absolute atomic E-state index is 12.9. The minimum absolute atomic E-state index is 0.0109. The molecule has 0 aliphatic rings. The van der Waals surface area contributed by atoms with Gasteiger partial charge >= 0.3 is 11.9 Å². The molecule has 0 aliphatic carbocycles. The van der Waals surface area contributed by atoms with Crippen molar-refractivity contribution in [3.63, 3.8) is 0 Å². The molecular weight excluding hydrogens is 466 g/mol. The number of nitrogens with zero attached hydrogens (tertiary/aromatic N) is 1. The Morgan fingerprint density at radius 1 is 0.914 bits per heavy atom. The van der Waals surface area contributed by atoms with Crippen LogP contribution < -0.4 is 33.2 Å². The summed E-state index contributed by atoms with van der Waals surface area (Å²) in [4.78, 5) is 64.2. The lowest BCUT2D eigenvalue weighted by atomic mass is 9.98. The van der Waals surface area contributed by atoms with Gasteiger partial charge in [-0.25, -0.2) is 4.79 Å². The number of rotatable bonds is 17. The van der Waals surface area contributed by atoms with E-state index in [2.05, 4.69) is 20.9 Å². The molecule has 3 amide bonds. The summed E-state index contributed by atoms with van der Waals surface area (Å²) in [5.41, 5.74) is 16.0. The summed E-state index contributed by atoms with van der Waals surface area (Å²) in [6, 6.07) is -5.18. The van der Waals surface area contributed by atoms with Gasteiger partial charge < -0.3 is 48.5 Å². The summed E-state index contributed by atoms with van der Waals surface area (Å²) in [5.74, 6) is -5.62. The van der Waals surface area contributed by atoms with E-state index in [1.54, 1.807) is 13.8 Å². The van der Waals surface area contributed by atoms with Gasteiger partial charge in [0.1, 0.15) is 24.2 Å². The number of aliphatic hydroxyl groups excluding tert-OH is 1. The SMILES string of the molecule is CCC(C)C(NC(=O)C(CCCN=C(N)N)NC(=O)C(CCC(=O)O)NC(=O)C(N)CO)C(=O)O. The molecule has 12 N–H and O–H groups in total. The van der Waals surface area contributed by atoms with Crippen LogP contribution in [0, 0.1) is 5.92 Å². The molecule has 0 aromatic carbocycles. The van der Waals surface area contributed by atoms with E-state index in [1.165, 1.54) is 0 Å². The van der Waals surface area contributed by atoms with Crippen LogP contribution in [0.25, 0.3) is 0 Å². The van der Waals surface area contributed by atoms with Gasteiger partial charge in [-0.15, -0.1) is 0 Å².